The second-order valence-electron chi connectivity index (χ2n) is 3.85. The van der Waals surface area contributed by atoms with Crippen molar-refractivity contribution in [3.8, 4) is 0 Å². The average molecular weight is 239 g/mol. The molecule has 92 valence electrons. The zero-order chi connectivity index (χ0) is 12.8. The molecule has 0 radical (unpaired) electrons. The molecule has 1 atom stereocenters. The van der Waals surface area contributed by atoms with E-state index in [2.05, 4.69) is 5.32 Å². The van der Waals surface area contributed by atoms with Crippen molar-refractivity contribution >= 4 is 11.9 Å². The van der Waals surface area contributed by atoms with Gasteiger partial charge in [0.1, 0.15) is 5.82 Å². The maximum absolute atomic E-state index is 12.9. The van der Waals surface area contributed by atoms with Gasteiger partial charge >= 0.3 is 11.9 Å². The normalized spacial score (nSPS) is 11.9. The summed E-state index contributed by atoms with van der Waals surface area (Å²) < 4.78 is 12.9. The minimum absolute atomic E-state index is 0.262. The summed E-state index contributed by atoms with van der Waals surface area (Å²) in [5.41, 5.74) is 0.821. The van der Waals surface area contributed by atoms with Crippen LogP contribution in [0.4, 0.5) is 4.39 Å². The van der Waals surface area contributed by atoms with Crippen molar-refractivity contribution in [2.75, 3.05) is 0 Å². The number of hydrogen-bond donors (Lipinski definition) is 2. The molecule has 2 N–H and O–H groups in total. The van der Waals surface area contributed by atoms with Gasteiger partial charge in [-0.05, 0) is 37.5 Å². The molecule has 1 unspecified atom stereocenters. The fourth-order valence-corrected chi connectivity index (χ4v) is 1.43. The highest BCUT2D eigenvalue weighted by Crippen LogP contribution is 2.07. The molecule has 17 heavy (non-hydrogen) atoms. The molecule has 1 aromatic carbocycles. The lowest BCUT2D eigenvalue weighted by atomic mass is 10.1. The topological polar surface area (TPSA) is 66.4 Å². The summed E-state index contributed by atoms with van der Waals surface area (Å²) in [6, 6.07) is 5.92. The molecule has 5 heteroatoms. The Bertz CT molecular complexity index is 420. The Morgan fingerprint density at radius 2 is 2.18 bits per heavy atom. The summed E-state index contributed by atoms with van der Waals surface area (Å²) in [5.74, 6) is -2.82. The summed E-state index contributed by atoms with van der Waals surface area (Å²) >= 11 is 0. The number of halogens is 1. The first-order valence-electron chi connectivity index (χ1n) is 5.27. The number of carboxylic acid groups (broad SMARTS) is 1. The predicted octanol–water partition coefficient (Wildman–Crippen LogP) is 1.35. The number of aliphatic carboxylic acids is 1. The minimum atomic E-state index is -1.50. The molecule has 0 aliphatic heterocycles. The van der Waals surface area contributed by atoms with E-state index in [0.717, 1.165) is 5.56 Å². The van der Waals surface area contributed by atoms with Crippen LogP contribution in [-0.4, -0.2) is 23.0 Å². The number of carboxylic acids is 1. The van der Waals surface area contributed by atoms with Gasteiger partial charge in [-0.1, -0.05) is 12.1 Å². The smallest absolute Gasteiger partial charge is 0.394 e. The van der Waals surface area contributed by atoms with Crippen molar-refractivity contribution in [2.45, 2.75) is 25.8 Å². The molecule has 4 nitrogen and oxygen atoms in total. The van der Waals surface area contributed by atoms with Gasteiger partial charge in [-0.25, -0.2) is 9.18 Å². The lowest BCUT2D eigenvalue weighted by Gasteiger charge is -2.11. The van der Waals surface area contributed by atoms with Gasteiger partial charge in [-0.15, -0.1) is 0 Å². The summed E-state index contributed by atoms with van der Waals surface area (Å²) in [7, 11) is 0. The second kappa shape index (κ2) is 5.98. The zero-order valence-corrected chi connectivity index (χ0v) is 9.44. The lowest BCUT2D eigenvalue weighted by Crippen LogP contribution is -2.37. The van der Waals surface area contributed by atoms with Crippen LogP contribution in [0.5, 0.6) is 0 Å². The Morgan fingerprint density at radius 1 is 1.47 bits per heavy atom. The molecule has 1 amide bonds. The summed E-state index contributed by atoms with van der Waals surface area (Å²) in [5, 5.41) is 10.7. The first-order chi connectivity index (χ1) is 7.99. The van der Waals surface area contributed by atoms with Crippen LogP contribution < -0.4 is 5.32 Å². The van der Waals surface area contributed by atoms with Crippen LogP contribution in [-0.2, 0) is 16.0 Å². The molecule has 0 aliphatic rings. The number of carbonyl (C=O) groups excluding carboxylic acids is 1. The van der Waals surface area contributed by atoms with E-state index in [1.54, 1.807) is 19.1 Å². The Labute approximate surface area is 98.5 Å². The Kier molecular flexibility index (Phi) is 4.63. The molecule has 0 bridgehead atoms. The Hall–Kier alpha value is -1.91. The largest absolute Gasteiger partial charge is 0.474 e. The quantitative estimate of drug-likeness (QED) is 0.779. The van der Waals surface area contributed by atoms with Gasteiger partial charge in [0.15, 0.2) is 0 Å². The number of carbonyl (C=O) groups is 2. The highest BCUT2D eigenvalue weighted by atomic mass is 19.1. The number of nitrogens with one attached hydrogen (secondary N) is 1. The standard InChI is InChI=1S/C12H14FNO3/c1-8(14-11(15)12(16)17)5-6-9-3-2-4-10(13)7-9/h2-4,7-8H,5-6H2,1H3,(H,14,15)(H,16,17). The van der Waals surface area contributed by atoms with Gasteiger partial charge in [0.2, 0.25) is 0 Å². The van der Waals surface area contributed by atoms with Crippen LogP contribution in [0.1, 0.15) is 18.9 Å². The number of rotatable bonds is 4. The predicted molar refractivity (Wildman–Crippen MR) is 60.0 cm³/mol. The van der Waals surface area contributed by atoms with E-state index < -0.39 is 11.9 Å². The van der Waals surface area contributed by atoms with Gasteiger partial charge in [0.25, 0.3) is 0 Å². The first-order valence-corrected chi connectivity index (χ1v) is 5.27. The SMILES string of the molecule is CC(CCc1cccc(F)c1)NC(=O)C(=O)O. The molecular weight excluding hydrogens is 225 g/mol. The van der Waals surface area contributed by atoms with E-state index in [4.69, 9.17) is 5.11 Å². The Morgan fingerprint density at radius 3 is 2.76 bits per heavy atom. The van der Waals surface area contributed by atoms with Gasteiger partial charge in [0, 0.05) is 6.04 Å². The summed E-state index contributed by atoms with van der Waals surface area (Å²) in [6.45, 7) is 1.71. The highest BCUT2D eigenvalue weighted by Gasteiger charge is 2.13. The van der Waals surface area contributed by atoms with Crippen molar-refractivity contribution in [1.29, 1.82) is 0 Å². The minimum Gasteiger partial charge on any atom is -0.474 e. The van der Waals surface area contributed by atoms with Gasteiger partial charge in [0.05, 0.1) is 0 Å². The highest BCUT2D eigenvalue weighted by molar-refractivity contribution is 6.31. The molecule has 0 saturated heterocycles. The van der Waals surface area contributed by atoms with Crippen molar-refractivity contribution in [3.05, 3.63) is 35.6 Å². The molecule has 0 spiro atoms. The fraction of sp³-hybridized carbons (Fsp3) is 0.333. The van der Waals surface area contributed by atoms with E-state index in [0.29, 0.717) is 12.8 Å². The van der Waals surface area contributed by atoms with Gasteiger partial charge < -0.3 is 10.4 Å². The Balaban J connectivity index is 2.40. The van der Waals surface area contributed by atoms with Crippen molar-refractivity contribution in [1.82, 2.24) is 5.32 Å². The molecular formula is C12H14FNO3. The number of amides is 1. The third-order valence-electron chi connectivity index (χ3n) is 2.33. The lowest BCUT2D eigenvalue weighted by molar-refractivity contribution is -0.150. The van der Waals surface area contributed by atoms with Crippen LogP contribution >= 0.6 is 0 Å². The van der Waals surface area contributed by atoms with Gasteiger partial charge in [-0.2, -0.15) is 0 Å². The maximum Gasteiger partial charge on any atom is 0.394 e. The molecule has 0 aliphatic carbocycles. The fourth-order valence-electron chi connectivity index (χ4n) is 1.43. The van der Waals surface area contributed by atoms with E-state index in [1.165, 1.54) is 12.1 Å². The second-order valence-corrected chi connectivity index (χ2v) is 3.85. The van der Waals surface area contributed by atoms with Crippen LogP contribution in [0.15, 0.2) is 24.3 Å². The van der Waals surface area contributed by atoms with Crippen LogP contribution in [0.25, 0.3) is 0 Å². The van der Waals surface area contributed by atoms with Crippen molar-refractivity contribution in [3.63, 3.8) is 0 Å². The number of hydrogen-bond acceptors (Lipinski definition) is 2. The number of aryl methyl sites for hydroxylation is 1. The summed E-state index contributed by atoms with van der Waals surface area (Å²) in [6.07, 6.45) is 1.14. The van der Waals surface area contributed by atoms with Crippen LogP contribution in [0.2, 0.25) is 0 Å². The van der Waals surface area contributed by atoms with E-state index >= 15 is 0 Å². The zero-order valence-electron chi connectivity index (χ0n) is 9.44. The average Bonchev–Trinajstić information content (AvgIpc) is 2.26. The maximum atomic E-state index is 12.9. The molecule has 1 aromatic rings. The third kappa shape index (κ3) is 4.63. The van der Waals surface area contributed by atoms with Crippen molar-refractivity contribution < 1.29 is 19.1 Å². The van der Waals surface area contributed by atoms with Crippen LogP contribution in [0, 0.1) is 5.82 Å². The van der Waals surface area contributed by atoms with E-state index in [9.17, 15) is 14.0 Å². The summed E-state index contributed by atoms with van der Waals surface area (Å²) in [4.78, 5) is 21.1. The third-order valence-corrected chi connectivity index (χ3v) is 2.33. The van der Waals surface area contributed by atoms with Crippen molar-refractivity contribution in [2.24, 2.45) is 0 Å². The van der Waals surface area contributed by atoms with Crippen LogP contribution in [0.3, 0.4) is 0 Å². The van der Waals surface area contributed by atoms with E-state index in [1.807, 2.05) is 0 Å². The molecule has 0 aromatic heterocycles. The first kappa shape index (κ1) is 13.2. The molecule has 0 heterocycles. The molecule has 1 rings (SSSR count). The monoisotopic (exact) mass is 239 g/mol. The number of benzene rings is 1. The molecule has 0 fully saturated rings. The molecule has 0 saturated carbocycles. The van der Waals surface area contributed by atoms with Gasteiger partial charge in [-0.3, -0.25) is 4.79 Å². The van der Waals surface area contributed by atoms with E-state index in [-0.39, 0.29) is 11.9 Å².